The molecule has 1 fully saturated rings. The lowest BCUT2D eigenvalue weighted by molar-refractivity contribution is -0.133. The molecule has 1 aromatic rings. The van der Waals surface area contributed by atoms with Gasteiger partial charge in [0.2, 0.25) is 5.91 Å². The summed E-state index contributed by atoms with van der Waals surface area (Å²) in [6.45, 7) is 0.271. The molecule has 26 heavy (non-hydrogen) atoms. The number of carbonyl (C=O) groups excluding carboxylic acids is 2. The van der Waals surface area contributed by atoms with Gasteiger partial charge >= 0.3 is 0 Å². The maximum Gasteiger partial charge on any atom is 0.267 e. The fourth-order valence-electron chi connectivity index (χ4n) is 3.11. The summed E-state index contributed by atoms with van der Waals surface area (Å²) in [5.41, 5.74) is 1.07. The SMILES string of the molecule is COc1ccccc1CNC(=O)C1=NN([C@H]2CCS(=O)(=O)C2)C(=O)CC1. The normalized spacial score (nSPS) is 22.0. The van der Waals surface area contributed by atoms with E-state index < -0.39 is 15.9 Å². The number of methoxy groups -OCH3 is 1. The van der Waals surface area contributed by atoms with Gasteiger partial charge in [0, 0.05) is 24.9 Å². The summed E-state index contributed by atoms with van der Waals surface area (Å²) in [6.07, 6.45) is 0.748. The van der Waals surface area contributed by atoms with Gasteiger partial charge in [-0.15, -0.1) is 0 Å². The van der Waals surface area contributed by atoms with Crippen LogP contribution in [0.4, 0.5) is 0 Å². The van der Waals surface area contributed by atoms with Gasteiger partial charge in [0.05, 0.1) is 24.7 Å². The Labute approximate surface area is 152 Å². The molecule has 8 nitrogen and oxygen atoms in total. The highest BCUT2D eigenvalue weighted by Crippen LogP contribution is 2.22. The van der Waals surface area contributed by atoms with Crippen LogP contribution in [0.2, 0.25) is 0 Å². The van der Waals surface area contributed by atoms with Crippen molar-refractivity contribution in [2.75, 3.05) is 18.6 Å². The molecule has 140 valence electrons. The van der Waals surface area contributed by atoms with E-state index in [1.807, 2.05) is 18.2 Å². The zero-order valence-corrected chi connectivity index (χ0v) is 15.3. The highest BCUT2D eigenvalue weighted by Gasteiger charge is 2.37. The first-order valence-electron chi connectivity index (χ1n) is 8.39. The van der Waals surface area contributed by atoms with Crippen LogP contribution in [0.25, 0.3) is 0 Å². The zero-order chi connectivity index (χ0) is 18.7. The molecule has 2 heterocycles. The molecule has 0 radical (unpaired) electrons. The second-order valence-corrected chi connectivity index (χ2v) is 8.57. The first-order chi connectivity index (χ1) is 12.4. The smallest absolute Gasteiger partial charge is 0.267 e. The van der Waals surface area contributed by atoms with Crippen molar-refractivity contribution in [2.24, 2.45) is 5.10 Å². The summed E-state index contributed by atoms with van der Waals surface area (Å²) in [4.78, 5) is 24.5. The van der Waals surface area contributed by atoms with Gasteiger partial charge in [0.25, 0.3) is 5.91 Å². The Morgan fingerprint density at radius 2 is 2.12 bits per heavy atom. The summed E-state index contributed by atoms with van der Waals surface area (Å²) >= 11 is 0. The number of nitrogens with one attached hydrogen (secondary N) is 1. The van der Waals surface area contributed by atoms with Crippen molar-refractivity contribution in [3.63, 3.8) is 0 Å². The van der Waals surface area contributed by atoms with Crippen LogP contribution in [0.3, 0.4) is 0 Å². The van der Waals surface area contributed by atoms with E-state index in [4.69, 9.17) is 4.74 Å². The number of carbonyl (C=O) groups is 2. The van der Waals surface area contributed by atoms with Crippen LogP contribution in [0.5, 0.6) is 5.75 Å². The molecular weight excluding hydrogens is 358 g/mol. The molecule has 1 N–H and O–H groups in total. The fraction of sp³-hybridized carbons (Fsp3) is 0.471. The minimum Gasteiger partial charge on any atom is -0.496 e. The average molecular weight is 379 g/mol. The quantitative estimate of drug-likeness (QED) is 0.801. The van der Waals surface area contributed by atoms with Crippen LogP contribution < -0.4 is 10.1 Å². The fourth-order valence-corrected chi connectivity index (χ4v) is 4.81. The van der Waals surface area contributed by atoms with Gasteiger partial charge in [-0.3, -0.25) is 9.59 Å². The second kappa shape index (κ2) is 7.45. The number of sulfone groups is 1. The second-order valence-electron chi connectivity index (χ2n) is 6.34. The Kier molecular flexibility index (Phi) is 5.26. The van der Waals surface area contributed by atoms with Crippen molar-refractivity contribution in [1.29, 1.82) is 0 Å². The molecule has 0 unspecified atom stereocenters. The Balaban J connectivity index is 1.68. The summed E-state index contributed by atoms with van der Waals surface area (Å²) in [5, 5.41) is 8.12. The monoisotopic (exact) mass is 379 g/mol. The molecule has 3 rings (SSSR count). The molecule has 9 heteroatoms. The number of ether oxygens (including phenoxy) is 1. The average Bonchev–Trinajstić information content (AvgIpc) is 3.00. The first-order valence-corrected chi connectivity index (χ1v) is 10.2. The molecule has 0 spiro atoms. The van der Waals surface area contributed by atoms with Crippen LogP contribution in [0, 0.1) is 0 Å². The van der Waals surface area contributed by atoms with E-state index in [1.54, 1.807) is 13.2 Å². The van der Waals surface area contributed by atoms with E-state index in [0.717, 1.165) is 5.56 Å². The van der Waals surface area contributed by atoms with Gasteiger partial charge in [-0.25, -0.2) is 13.4 Å². The van der Waals surface area contributed by atoms with Gasteiger partial charge in [-0.2, -0.15) is 5.10 Å². The molecule has 1 saturated heterocycles. The van der Waals surface area contributed by atoms with Crippen LogP contribution >= 0.6 is 0 Å². The molecular formula is C17H21N3O5S. The summed E-state index contributed by atoms with van der Waals surface area (Å²) in [6, 6.07) is 6.86. The van der Waals surface area contributed by atoms with Crippen molar-refractivity contribution >= 4 is 27.4 Å². The molecule has 0 bridgehead atoms. The Hall–Kier alpha value is -2.42. The van der Waals surface area contributed by atoms with E-state index in [0.29, 0.717) is 12.2 Å². The first kappa shape index (κ1) is 18.4. The number of hydrogen-bond acceptors (Lipinski definition) is 6. The molecule has 2 amide bonds. The third-order valence-corrected chi connectivity index (χ3v) is 6.26. The summed E-state index contributed by atoms with van der Waals surface area (Å²) in [7, 11) is -1.58. The van der Waals surface area contributed by atoms with E-state index in [-0.39, 0.29) is 48.4 Å². The number of benzene rings is 1. The van der Waals surface area contributed by atoms with E-state index in [9.17, 15) is 18.0 Å². The van der Waals surface area contributed by atoms with Crippen LogP contribution in [-0.4, -0.2) is 55.6 Å². The number of hydrogen-bond donors (Lipinski definition) is 1. The summed E-state index contributed by atoms with van der Waals surface area (Å²) in [5.74, 6) is 0.0129. The van der Waals surface area contributed by atoms with E-state index in [1.165, 1.54) is 5.01 Å². The highest BCUT2D eigenvalue weighted by molar-refractivity contribution is 7.91. The van der Waals surface area contributed by atoms with E-state index >= 15 is 0 Å². The number of rotatable bonds is 5. The maximum atomic E-state index is 12.4. The third-order valence-electron chi connectivity index (χ3n) is 4.51. The van der Waals surface area contributed by atoms with Gasteiger partial charge in [-0.1, -0.05) is 18.2 Å². The van der Waals surface area contributed by atoms with Crippen molar-refractivity contribution in [3.05, 3.63) is 29.8 Å². The van der Waals surface area contributed by atoms with Gasteiger partial charge in [-0.05, 0) is 12.5 Å². The predicted molar refractivity (Wildman–Crippen MR) is 95.4 cm³/mol. The molecule has 0 saturated carbocycles. The van der Waals surface area contributed by atoms with Crippen LogP contribution in [0.15, 0.2) is 29.4 Å². The largest absolute Gasteiger partial charge is 0.496 e. The van der Waals surface area contributed by atoms with Gasteiger partial charge in [0.1, 0.15) is 11.5 Å². The number of nitrogens with zero attached hydrogens (tertiary/aromatic N) is 2. The number of hydrazone groups is 1. The Morgan fingerprint density at radius 3 is 2.81 bits per heavy atom. The summed E-state index contributed by atoms with van der Waals surface area (Å²) < 4.78 is 28.5. The molecule has 1 atom stereocenters. The highest BCUT2D eigenvalue weighted by atomic mass is 32.2. The zero-order valence-electron chi connectivity index (χ0n) is 14.5. The molecule has 0 aromatic heterocycles. The topological polar surface area (TPSA) is 105 Å². The maximum absolute atomic E-state index is 12.4. The number of amides is 2. The molecule has 2 aliphatic rings. The Morgan fingerprint density at radius 1 is 1.35 bits per heavy atom. The van der Waals surface area contributed by atoms with Crippen molar-refractivity contribution in [2.45, 2.75) is 31.8 Å². The van der Waals surface area contributed by atoms with Crippen molar-refractivity contribution in [3.8, 4) is 5.75 Å². The third kappa shape index (κ3) is 4.04. The van der Waals surface area contributed by atoms with Gasteiger partial charge in [0.15, 0.2) is 9.84 Å². The number of para-hydroxylation sites is 1. The van der Waals surface area contributed by atoms with Crippen LogP contribution in [-0.2, 0) is 26.0 Å². The lowest BCUT2D eigenvalue weighted by Gasteiger charge is -2.27. The Bertz CT molecular complexity index is 850. The van der Waals surface area contributed by atoms with Gasteiger partial charge < -0.3 is 10.1 Å². The minimum absolute atomic E-state index is 0.0479. The van der Waals surface area contributed by atoms with E-state index in [2.05, 4.69) is 10.4 Å². The van der Waals surface area contributed by atoms with Crippen molar-refractivity contribution in [1.82, 2.24) is 10.3 Å². The lowest BCUT2D eigenvalue weighted by atomic mass is 10.1. The predicted octanol–water partition coefficient (Wildman–Crippen LogP) is 0.477. The van der Waals surface area contributed by atoms with Crippen LogP contribution in [0.1, 0.15) is 24.8 Å². The molecule has 0 aliphatic carbocycles. The standard InChI is InChI=1S/C17H21N3O5S/c1-25-15-5-3-2-4-12(15)10-18-17(22)14-6-7-16(21)20(19-14)13-8-9-26(23,24)11-13/h2-5,13H,6-11H2,1H3,(H,18,22)/t13-/m0/s1. The van der Waals surface area contributed by atoms with Crippen molar-refractivity contribution < 1.29 is 22.7 Å². The molecule has 2 aliphatic heterocycles. The molecule has 1 aromatic carbocycles. The minimum atomic E-state index is -3.14. The lowest BCUT2D eigenvalue weighted by Crippen LogP contribution is -2.43.